The van der Waals surface area contributed by atoms with Gasteiger partial charge in [0.05, 0.1) is 22.9 Å². The minimum absolute atomic E-state index is 0.00220. The van der Waals surface area contributed by atoms with Crippen LogP contribution in [-0.4, -0.2) is 47.5 Å². The van der Waals surface area contributed by atoms with Crippen LogP contribution in [0.2, 0.25) is 0 Å². The van der Waals surface area contributed by atoms with E-state index in [2.05, 4.69) is 15.5 Å². The number of halogens is 6. The number of aromatic nitrogens is 1. The predicted octanol–water partition coefficient (Wildman–Crippen LogP) is 4.30. The number of anilines is 1. The zero-order valence-corrected chi connectivity index (χ0v) is 20.2. The lowest BCUT2D eigenvalue weighted by molar-refractivity contribution is -0.140. The number of rotatable bonds is 6. The van der Waals surface area contributed by atoms with Gasteiger partial charge in [-0.15, -0.1) is 0 Å². The molecule has 0 bridgehead atoms. The van der Waals surface area contributed by atoms with Gasteiger partial charge in [0.15, 0.2) is 0 Å². The maximum absolute atomic E-state index is 14.6. The Morgan fingerprint density at radius 2 is 1.81 bits per heavy atom. The Kier molecular flexibility index (Phi) is 5.89. The number of hydrogen-bond acceptors (Lipinski definition) is 4. The SMILES string of the molecule is C[C@@H]1[C@@H](n2cc(C(=O)N[C@H](C)c3cccc(C(F)(F)F)c3F)c(N[C@H]3[C@@H]4CN(C)C[C@@H]43)cc2=O)C1(F)F. The molecule has 2 aromatic rings. The van der Waals surface area contributed by atoms with Crippen molar-refractivity contribution >= 4 is 11.6 Å². The van der Waals surface area contributed by atoms with Gasteiger partial charge in [-0.1, -0.05) is 19.1 Å². The summed E-state index contributed by atoms with van der Waals surface area (Å²) in [6, 6.07) is 1.28. The van der Waals surface area contributed by atoms with Gasteiger partial charge in [-0.2, -0.15) is 13.2 Å². The van der Waals surface area contributed by atoms with E-state index >= 15 is 0 Å². The van der Waals surface area contributed by atoms with Crippen LogP contribution in [0, 0.1) is 23.6 Å². The smallest absolute Gasteiger partial charge is 0.381 e. The molecule has 37 heavy (non-hydrogen) atoms. The van der Waals surface area contributed by atoms with Gasteiger partial charge in [0, 0.05) is 42.9 Å². The Bertz CT molecular complexity index is 1300. The van der Waals surface area contributed by atoms with Crippen LogP contribution in [0.25, 0.3) is 0 Å². The van der Waals surface area contributed by atoms with Crippen LogP contribution >= 0.6 is 0 Å². The first-order valence-electron chi connectivity index (χ1n) is 12.0. The summed E-state index contributed by atoms with van der Waals surface area (Å²) in [5.74, 6) is -5.92. The highest BCUT2D eigenvalue weighted by molar-refractivity contribution is 5.99. The van der Waals surface area contributed by atoms with E-state index in [9.17, 15) is 35.9 Å². The Morgan fingerprint density at radius 1 is 1.19 bits per heavy atom. The van der Waals surface area contributed by atoms with Crippen molar-refractivity contribution in [1.82, 2.24) is 14.8 Å². The van der Waals surface area contributed by atoms with Crippen molar-refractivity contribution in [2.45, 2.75) is 44.1 Å². The standard InChI is InChI=1S/C25H26F6N4O2/c1-11-22(24(11,27)28)35-10-16(18(7-19(35)36)33-21-14-8-34(3)9-15(14)21)23(37)32-12(2)13-5-4-6-17(20(13)26)25(29,30)31/h4-7,10-12,14-15,21-22,33H,8-9H2,1-3H3,(H,32,37)/t11-,12-,14-,15+,21+,22-/m1/s1. The van der Waals surface area contributed by atoms with Crippen molar-refractivity contribution in [2.24, 2.45) is 17.8 Å². The number of likely N-dealkylation sites (tertiary alicyclic amines) is 1. The molecule has 1 amide bonds. The molecule has 3 fully saturated rings. The number of alkyl halides is 5. The fourth-order valence-electron chi connectivity index (χ4n) is 5.54. The highest BCUT2D eigenvalue weighted by Gasteiger charge is 2.67. The molecule has 0 spiro atoms. The average molecular weight is 528 g/mol. The highest BCUT2D eigenvalue weighted by atomic mass is 19.4. The number of carbonyl (C=O) groups excluding carboxylic acids is 1. The van der Waals surface area contributed by atoms with Gasteiger partial charge < -0.3 is 20.1 Å². The number of piperidine rings is 1. The number of pyridine rings is 1. The van der Waals surface area contributed by atoms with Crippen molar-refractivity contribution in [3.05, 3.63) is 63.3 Å². The highest BCUT2D eigenvalue weighted by Crippen LogP contribution is 2.58. The molecule has 3 aliphatic rings. The second-order valence-corrected chi connectivity index (χ2v) is 10.4. The van der Waals surface area contributed by atoms with E-state index in [0.29, 0.717) is 17.9 Å². The third kappa shape index (κ3) is 4.38. The normalized spacial score (nSPS) is 28.9. The molecule has 1 aromatic carbocycles. The molecule has 1 saturated heterocycles. The molecule has 1 aromatic heterocycles. The average Bonchev–Trinajstić information content (AvgIpc) is 3.47. The molecule has 0 unspecified atom stereocenters. The lowest BCUT2D eigenvalue weighted by Gasteiger charge is -2.20. The summed E-state index contributed by atoms with van der Waals surface area (Å²) in [6.07, 6.45) is -3.86. The van der Waals surface area contributed by atoms with E-state index in [1.54, 1.807) is 0 Å². The summed E-state index contributed by atoms with van der Waals surface area (Å²) in [6.45, 7) is 4.28. The Labute approximate surface area is 208 Å². The Balaban J connectivity index is 1.45. The van der Waals surface area contributed by atoms with Crippen molar-refractivity contribution in [2.75, 3.05) is 25.5 Å². The van der Waals surface area contributed by atoms with Gasteiger partial charge in [0.2, 0.25) is 0 Å². The van der Waals surface area contributed by atoms with Crippen LogP contribution in [0.4, 0.5) is 32.0 Å². The first kappa shape index (κ1) is 25.6. The summed E-state index contributed by atoms with van der Waals surface area (Å²) < 4.78 is 83.1. The number of amides is 1. The Hall–Kier alpha value is -3.02. The second kappa shape index (κ2) is 8.50. The minimum atomic E-state index is -4.92. The molecule has 6 nitrogen and oxygen atoms in total. The summed E-state index contributed by atoms with van der Waals surface area (Å²) in [7, 11) is 1.98. The van der Waals surface area contributed by atoms with Crippen molar-refractivity contribution < 1.29 is 31.1 Å². The van der Waals surface area contributed by atoms with Crippen LogP contribution in [0.5, 0.6) is 0 Å². The minimum Gasteiger partial charge on any atom is -0.381 e. The van der Waals surface area contributed by atoms with E-state index in [-0.39, 0.29) is 22.9 Å². The summed E-state index contributed by atoms with van der Waals surface area (Å²) in [5.41, 5.74) is -2.51. The summed E-state index contributed by atoms with van der Waals surface area (Å²) in [4.78, 5) is 28.2. The van der Waals surface area contributed by atoms with Crippen LogP contribution in [0.15, 0.2) is 35.3 Å². The lowest BCUT2D eigenvalue weighted by atomic mass is 10.0. The third-order valence-electron chi connectivity index (χ3n) is 7.84. The molecule has 0 radical (unpaired) electrons. The van der Waals surface area contributed by atoms with Gasteiger partial charge in [-0.05, 0) is 31.9 Å². The Morgan fingerprint density at radius 3 is 2.38 bits per heavy atom. The van der Waals surface area contributed by atoms with Gasteiger partial charge in [-0.3, -0.25) is 9.59 Å². The van der Waals surface area contributed by atoms with Crippen LogP contribution in [0.3, 0.4) is 0 Å². The molecular formula is C25H26F6N4O2. The number of fused-ring (bicyclic) bond motifs is 1. The third-order valence-corrected chi connectivity index (χ3v) is 7.84. The number of hydrogen-bond donors (Lipinski definition) is 2. The van der Waals surface area contributed by atoms with Gasteiger partial charge in [0.1, 0.15) is 11.9 Å². The number of carbonyl (C=O) groups is 1. The molecule has 1 aliphatic heterocycles. The topological polar surface area (TPSA) is 66.4 Å². The molecule has 200 valence electrons. The summed E-state index contributed by atoms with van der Waals surface area (Å²) >= 11 is 0. The van der Waals surface area contributed by atoms with Gasteiger partial charge in [-0.25, -0.2) is 13.2 Å². The number of nitrogens with one attached hydrogen (secondary N) is 2. The van der Waals surface area contributed by atoms with Crippen LogP contribution in [-0.2, 0) is 6.18 Å². The molecule has 2 N–H and O–H groups in total. The molecular weight excluding hydrogens is 502 g/mol. The van der Waals surface area contributed by atoms with E-state index < -0.39 is 52.9 Å². The maximum atomic E-state index is 14.6. The maximum Gasteiger partial charge on any atom is 0.419 e. The fourth-order valence-corrected chi connectivity index (χ4v) is 5.54. The predicted molar refractivity (Wildman–Crippen MR) is 123 cm³/mol. The van der Waals surface area contributed by atoms with E-state index in [1.165, 1.54) is 13.8 Å². The number of benzene rings is 1. The first-order chi connectivity index (χ1) is 17.2. The number of nitrogens with zero attached hydrogens (tertiary/aromatic N) is 2. The largest absolute Gasteiger partial charge is 0.419 e. The van der Waals surface area contributed by atoms with Crippen molar-refractivity contribution in [1.29, 1.82) is 0 Å². The fraction of sp³-hybridized carbons (Fsp3) is 0.520. The van der Waals surface area contributed by atoms with Gasteiger partial charge in [0.25, 0.3) is 17.4 Å². The van der Waals surface area contributed by atoms with E-state index in [0.717, 1.165) is 42.1 Å². The van der Waals surface area contributed by atoms with Gasteiger partial charge >= 0.3 is 6.18 Å². The zero-order chi connectivity index (χ0) is 27.0. The molecule has 2 saturated carbocycles. The van der Waals surface area contributed by atoms with E-state index in [4.69, 9.17) is 0 Å². The van der Waals surface area contributed by atoms with Crippen molar-refractivity contribution in [3.8, 4) is 0 Å². The van der Waals surface area contributed by atoms with Crippen molar-refractivity contribution in [3.63, 3.8) is 0 Å². The summed E-state index contributed by atoms with van der Waals surface area (Å²) in [5, 5.41) is 5.65. The molecule has 6 atom stereocenters. The molecule has 5 rings (SSSR count). The zero-order valence-electron chi connectivity index (χ0n) is 20.2. The monoisotopic (exact) mass is 528 g/mol. The molecule has 12 heteroatoms. The molecule has 2 heterocycles. The quantitative estimate of drug-likeness (QED) is 0.549. The van der Waals surface area contributed by atoms with Crippen LogP contribution in [0.1, 0.15) is 47.4 Å². The second-order valence-electron chi connectivity index (χ2n) is 10.4. The first-order valence-corrected chi connectivity index (χ1v) is 12.0. The van der Waals surface area contributed by atoms with Crippen LogP contribution < -0.4 is 16.2 Å². The van der Waals surface area contributed by atoms with E-state index in [1.807, 2.05) is 7.05 Å². The molecule has 2 aliphatic carbocycles. The lowest BCUT2D eigenvalue weighted by Crippen LogP contribution is -2.32.